The Kier molecular flexibility index (Phi) is 8.25. The Morgan fingerprint density at radius 1 is 1.23 bits per heavy atom. The van der Waals surface area contributed by atoms with Crippen LogP contribution in [0.2, 0.25) is 0 Å². The normalized spacial score (nSPS) is 17.8. The van der Waals surface area contributed by atoms with Crippen LogP contribution in [0.25, 0.3) is 0 Å². The van der Waals surface area contributed by atoms with Crippen LogP contribution >= 0.6 is 23.1 Å². The second-order valence-electron chi connectivity index (χ2n) is 10.8. The van der Waals surface area contributed by atoms with E-state index in [4.69, 9.17) is 10.5 Å². The number of ether oxygens (including phenoxy) is 1. The SMILES string of the molecule is COc1ccc(C2C(C#N)=C(N)N(c3nnc(SCC(=O)Nc4cccc(C(=O)O)c4)s3)C3=C2C(=O)CC(C)(C)C3)cc1. The quantitative estimate of drug-likeness (QED) is 0.294. The Morgan fingerprint density at radius 2 is 1.98 bits per heavy atom. The van der Waals surface area contributed by atoms with Crippen molar-refractivity contribution in [2.45, 2.75) is 36.9 Å². The molecule has 2 aromatic carbocycles. The van der Waals surface area contributed by atoms with Gasteiger partial charge < -0.3 is 20.9 Å². The van der Waals surface area contributed by atoms with Gasteiger partial charge in [0.15, 0.2) is 10.1 Å². The molecule has 5 rings (SSSR count). The fourth-order valence-corrected chi connectivity index (χ4v) is 6.94. The minimum atomic E-state index is -1.09. The maximum Gasteiger partial charge on any atom is 0.335 e. The number of ketones is 1. The maximum atomic E-state index is 13.7. The topological polar surface area (TPSA) is 172 Å². The third kappa shape index (κ3) is 6.11. The van der Waals surface area contributed by atoms with Gasteiger partial charge in [0.1, 0.15) is 11.6 Å². The van der Waals surface area contributed by atoms with Crippen molar-refractivity contribution in [3.05, 3.63) is 82.3 Å². The predicted octanol–water partition coefficient (Wildman–Crippen LogP) is 4.92. The number of anilines is 2. The molecule has 1 aliphatic carbocycles. The summed E-state index contributed by atoms with van der Waals surface area (Å²) in [4.78, 5) is 39.1. The number of nitriles is 1. The summed E-state index contributed by atoms with van der Waals surface area (Å²) in [6, 6.07) is 15.5. The number of carbonyl (C=O) groups excluding carboxylic acids is 2. The molecule has 0 saturated carbocycles. The van der Waals surface area contributed by atoms with E-state index in [1.807, 2.05) is 26.0 Å². The first-order chi connectivity index (χ1) is 20.5. The Bertz CT molecular complexity index is 1720. The Labute approximate surface area is 256 Å². The molecule has 13 heteroatoms. The molecule has 3 aromatic rings. The first kappa shape index (κ1) is 29.8. The lowest BCUT2D eigenvalue weighted by Gasteiger charge is -2.42. The minimum Gasteiger partial charge on any atom is -0.497 e. The number of amides is 1. The van der Waals surface area contributed by atoms with E-state index in [2.05, 4.69) is 21.6 Å². The number of carboxylic acid groups (broad SMARTS) is 1. The van der Waals surface area contributed by atoms with Crippen molar-refractivity contribution in [2.24, 2.45) is 11.1 Å². The number of aromatic carboxylic acids is 1. The second kappa shape index (κ2) is 11.9. The minimum absolute atomic E-state index is 0.000291. The summed E-state index contributed by atoms with van der Waals surface area (Å²) in [5.41, 5.74) is 8.97. The summed E-state index contributed by atoms with van der Waals surface area (Å²) < 4.78 is 5.77. The average molecular weight is 617 g/mol. The Balaban J connectivity index is 1.43. The van der Waals surface area contributed by atoms with Crippen LogP contribution in [0, 0.1) is 16.7 Å². The van der Waals surface area contributed by atoms with E-state index >= 15 is 0 Å². The fourth-order valence-electron chi connectivity index (χ4n) is 5.26. The van der Waals surface area contributed by atoms with Gasteiger partial charge in [-0.15, -0.1) is 10.2 Å². The van der Waals surface area contributed by atoms with Crippen LogP contribution < -0.4 is 20.7 Å². The van der Waals surface area contributed by atoms with Gasteiger partial charge in [0.05, 0.1) is 36.0 Å². The number of carbonyl (C=O) groups is 3. The molecule has 11 nitrogen and oxygen atoms in total. The molecule has 4 N–H and O–H groups in total. The van der Waals surface area contributed by atoms with Gasteiger partial charge in [-0.1, -0.05) is 55.1 Å². The van der Waals surface area contributed by atoms with Crippen LogP contribution in [0.1, 0.15) is 48.5 Å². The van der Waals surface area contributed by atoms with Gasteiger partial charge in [-0.2, -0.15) is 5.26 Å². The van der Waals surface area contributed by atoms with Gasteiger partial charge in [-0.25, -0.2) is 4.79 Å². The number of Topliss-reactive ketones (excluding diaryl/α,β-unsaturated/α-hetero) is 1. The van der Waals surface area contributed by atoms with Crippen LogP contribution in [-0.2, 0) is 9.59 Å². The van der Waals surface area contributed by atoms with Crippen molar-refractivity contribution < 1.29 is 24.2 Å². The first-order valence-electron chi connectivity index (χ1n) is 13.2. The molecule has 0 radical (unpaired) electrons. The molecule has 1 unspecified atom stereocenters. The van der Waals surface area contributed by atoms with Gasteiger partial charge in [-0.3, -0.25) is 14.5 Å². The molecule has 1 atom stereocenters. The molecule has 2 aliphatic rings. The number of nitrogens with one attached hydrogen (secondary N) is 1. The molecule has 1 amide bonds. The lowest BCUT2D eigenvalue weighted by atomic mass is 9.68. The number of nitrogens with two attached hydrogens (primary N) is 1. The molecule has 0 saturated heterocycles. The van der Waals surface area contributed by atoms with Crippen LogP contribution in [0.15, 0.2) is 75.5 Å². The zero-order valence-corrected chi connectivity index (χ0v) is 25.2. The zero-order chi connectivity index (χ0) is 30.9. The molecular formula is C30H28N6O5S2. The third-order valence-electron chi connectivity index (χ3n) is 7.14. The largest absolute Gasteiger partial charge is 0.497 e. The Morgan fingerprint density at radius 3 is 2.65 bits per heavy atom. The van der Waals surface area contributed by atoms with Crippen molar-refractivity contribution >= 4 is 51.6 Å². The van der Waals surface area contributed by atoms with E-state index in [0.717, 1.165) is 17.3 Å². The van der Waals surface area contributed by atoms with E-state index in [0.29, 0.717) is 45.0 Å². The molecule has 0 fully saturated rings. The number of methoxy groups -OCH3 is 1. The number of thioether (sulfide) groups is 1. The molecule has 0 spiro atoms. The summed E-state index contributed by atoms with van der Waals surface area (Å²) in [6.07, 6.45) is 0.854. The van der Waals surface area contributed by atoms with Crippen molar-refractivity contribution in [1.82, 2.24) is 10.2 Å². The highest BCUT2D eigenvalue weighted by Crippen LogP contribution is 2.50. The summed E-state index contributed by atoms with van der Waals surface area (Å²) in [6.45, 7) is 4.03. The van der Waals surface area contributed by atoms with E-state index in [9.17, 15) is 24.8 Å². The summed E-state index contributed by atoms with van der Waals surface area (Å²) >= 11 is 2.35. The van der Waals surface area contributed by atoms with E-state index in [1.165, 1.54) is 23.5 Å². The summed E-state index contributed by atoms with van der Waals surface area (Å²) in [5, 5.41) is 31.1. The number of aromatic nitrogens is 2. The van der Waals surface area contributed by atoms with E-state index < -0.39 is 11.9 Å². The molecule has 43 heavy (non-hydrogen) atoms. The summed E-state index contributed by atoms with van der Waals surface area (Å²) in [7, 11) is 1.57. The molecule has 1 aliphatic heterocycles. The van der Waals surface area contributed by atoms with Gasteiger partial charge >= 0.3 is 5.97 Å². The molecule has 1 aromatic heterocycles. The molecular weight excluding hydrogens is 589 g/mol. The molecule has 0 bridgehead atoms. The van der Waals surface area contributed by atoms with Gasteiger partial charge in [0.25, 0.3) is 0 Å². The fraction of sp³-hybridized carbons (Fsp3) is 0.267. The highest BCUT2D eigenvalue weighted by Gasteiger charge is 2.45. The first-order valence-corrected chi connectivity index (χ1v) is 15.0. The lowest BCUT2D eigenvalue weighted by molar-refractivity contribution is -0.118. The number of hydrogen-bond acceptors (Lipinski definition) is 11. The van der Waals surface area contributed by atoms with Crippen LogP contribution in [0.4, 0.5) is 10.8 Å². The zero-order valence-electron chi connectivity index (χ0n) is 23.6. The Hall–Kier alpha value is -4.67. The highest BCUT2D eigenvalue weighted by atomic mass is 32.2. The van der Waals surface area contributed by atoms with Gasteiger partial charge in [-0.05, 0) is 47.7 Å². The molecule has 2 heterocycles. The van der Waals surface area contributed by atoms with Crippen molar-refractivity contribution in [2.75, 3.05) is 23.1 Å². The smallest absolute Gasteiger partial charge is 0.335 e. The number of rotatable bonds is 8. The molecule has 220 valence electrons. The van der Waals surface area contributed by atoms with Crippen molar-refractivity contribution in [3.8, 4) is 11.8 Å². The number of hydrogen-bond donors (Lipinski definition) is 3. The number of nitrogens with zero attached hydrogens (tertiary/aromatic N) is 4. The third-order valence-corrected chi connectivity index (χ3v) is 9.18. The number of allylic oxidation sites excluding steroid dienone is 3. The summed E-state index contributed by atoms with van der Waals surface area (Å²) in [5.74, 6) is -1.29. The van der Waals surface area contributed by atoms with Crippen molar-refractivity contribution in [3.63, 3.8) is 0 Å². The van der Waals surface area contributed by atoms with Crippen LogP contribution in [0.3, 0.4) is 0 Å². The maximum absolute atomic E-state index is 13.7. The lowest BCUT2D eigenvalue weighted by Crippen LogP contribution is -2.42. The van der Waals surface area contributed by atoms with Crippen LogP contribution in [0.5, 0.6) is 5.75 Å². The average Bonchev–Trinajstić information content (AvgIpc) is 3.43. The van der Waals surface area contributed by atoms with E-state index in [1.54, 1.807) is 36.3 Å². The second-order valence-corrected chi connectivity index (χ2v) is 13.0. The van der Waals surface area contributed by atoms with Gasteiger partial charge in [0, 0.05) is 23.4 Å². The number of carboxylic acids is 1. The standard InChI is InChI=1S/C30H28N6O5S2/c1-30(2)12-21-25(22(37)13-30)24(16-7-9-19(41-3)10-8-16)20(14-31)26(32)36(21)28-34-35-29(43-28)42-15-23(38)33-18-6-4-5-17(11-18)27(39)40/h4-11,24H,12-13,15,32H2,1-3H3,(H,33,38)(H,39,40). The van der Waals surface area contributed by atoms with E-state index in [-0.39, 0.29) is 39.8 Å². The number of benzene rings is 2. The highest BCUT2D eigenvalue weighted by molar-refractivity contribution is 8.01. The monoisotopic (exact) mass is 616 g/mol. The predicted molar refractivity (Wildman–Crippen MR) is 163 cm³/mol. The van der Waals surface area contributed by atoms with Crippen LogP contribution in [-0.4, -0.2) is 45.8 Å². The van der Waals surface area contributed by atoms with Crippen molar-refractivity contribution in [1.29, 1.82) is 5.26 Å². The van der Waals surface area contributed by atoms with Gasteiger partial charge in [0.2, 0.25) is 11.0 Å².